The maximum atomic E-state index is 14.9. The molecule has 0 radical (unpaired) electrons. The first kappa shape index (κ1) is 27.2. The first-order valence-electron chi connectivity index (χ1n) is 12.9. The highest BCUT2D eigenvalue weighted by atomic mass is 19.1. The first-order valence-corrected chi connectivity index (χ1v) is 12.9. The molecule has 1 saturated carbocycles. The highest BCUT2D eigenvalue weighted by molar-refractivity contribution is 5.91. The number of methoxy groups -OCH3 is 1. The number of carbonyl (C=O) groups excluding carboxylic acids is 1. The molecule has 0 spiro atoms. The van der Waals surface area contributed by atoms with Crippen molar-refractivity contribution in [3.05, 3.63) is 77.6 Å². The molecule has 0 unspecified atom stereocenters. The highest BCUT2D eigenvalue weighted by Crippen LogP contribution is 2.36. The smallest absolute Gasteiger partial charge is 0.319 e. The van der Waals surface area contributed by atoms with Crippen LogP contribution in [0.2, 0.25) is 0 Å². The second kappa shape index (κ2) is 10.7. The summed E-state index contributed by atoms with van der Waals surface area (Å²) in [4.78, 5) is 23.6. The molecule has 40 heavy (non-hydrogen) atoms. The van der Waals surface area contributed by atoms with E-state index >= 15 is 0 Å². The number of nitrogens with one attached hydrogen (secondary N) is 2. The van der Waals surface area contributed by atoms with Crippen LogP contribution in [0.5, 0.6) is 5.75 Å². The number of pyridine rings is 2. The lowest BCUT2D eigenvalue weighted by atomic mass is 9.79. The SMILES string of the molecule is COc1ccc(CN(C)c2cc3nc(C)c(-c4cc(NC(=O)N[C@H]5C[C@](C)(F)C5)c(F)cc4F)cc3cn2)cc1. The number of halogens is 3. The largest absolute Gasteiger partial charge is 0.497 e. The van der Waals surface area contributed by atoms with Gasteiger partial charge in [-0.15, -0.1) is 0 Å². The van der Waals surface area contributed by atoms with Gasteiger partial charge in [0.05, 0.1) is 18.3 Å². The fourth-order valence-electron chi connectivity index (χ4n) is 4.99. The minimum atomic E-state index is -1.31. The Morgan fingerprint density at radius 2 is 1.82 bits per heavy atom. The fraction of sp³-hybridized carbons (Fsp3) is 0.300. The molecule has 2 N–H and O–H groups in total. The molecule has 0 bridgehead atoms. The van der Waals surface area contributed by atoms with Crippen molar-refractivity contribution in [2.75, 3.05) is 24.4 Å². The third-order valence-electron chi connectivity index (χ3n) is 7.12. The summed E-state index contributed by atoms with van der Waals surface area (Å²) < 4.78 is 48.4. The third kappa shape index (κ3) is 5.80. The normalized spacial score (nSPS) is 18.2. The Hall–Kier alpha value is -4.34. The van der Waals surface area contributed by atoms with Gasteiger partial charge in [-0.1, -0.05) is 12.1 Å². The Kier molecular flexibility index (Phi) is 7.27. The number of aryl methyl sites for hydroxylation is 1. The zero-order valence-corrected chi connectivity index (χ0v) is 22.7. The van der Waals surface area contributed by atoms with E-state index in [1.807, 2.05) is 42.3 Å². The van der Waals surface area contributed by atoms with Gasteiger partial charge in [-0.3, -0.25) is 4.98 Å². The number of fused-ring (bicyclic) bond motifs is 1. The van der Waals surface area contributed by atoms with E-state index in [1.54, 1.807) is 26.3 Å². The molecule has 1 aliphatic rings. The molecular weight excluding hydrogens is 519 g/mol. The molecule has 4 aromatic rings. The van der Waals surface area contributed by atoms with Crippen molar-refractivity contribution in [2.45, 2.75) is 44.9 Å². The number of carbonyl (C=O) groups is 1. The second-order valence-corrected chi connectivity index (χ2v) is 10.5. The van der Waals surface area contributed by atoms with Gasteiger partial charge in [-0.25, -0.2) is 22.9 Å². The Balaban J connectivity index is 1.37. The van der Waals surface area contributed by atoms with E-state index in [4.69, 9.17) is 4.74 Å². The Morgan fingerprint density at radius 3 is 2.50 bits per heavy atom. The number of urea groups is 1. The molecule has 2 aromatic heterocycles. The number of alkyl halides is 1. The van der Waals surface area contributed by atoms with Crippen LogP contribution in [0.1, 0.15) is 31.0 Å². The predicted octanol–water partition coefficient (Wildman–Crippen LogP) is 6.54. The van der Waals surface area contributed by atoms with Crippen LogP contribution < -0.4 is 20.3 Å². The van der Waals surface area contributed by atoms with Crippen LogP contribution in [-0.2, 0) is 6.54 Å². The fourth-order valence-corrected chi connectivity index (χ4v) is 4.99. The van der Waals surface area contributed by atoms with E-state index in [0.717, 1.165) is 17.4 Å². The van der Waals surface area contributed by atoms with E-state index in [2.05, 4.69) is 20.6 Å². The number of benzene rings is 2. The van der Waals surface area contributed by atoms with Crippen molar-refractivity contribution in [3.8, 4) is 16.9 Å². The number of amides is 2. The predicted molar refractivity (Wildman–Crippen MR) is 149 cm³/mol. The number of hydrogen-bond donors (Lipinski definition) is 2. The molecule has 1 fully saturated rings. The molecule has 0 aliphatic heterocycles. The van der Waals surface area contributed by atoms with Crippen LogP contribution in [0.4, 0.5) is 29.5 Å². The quantitative estimate of drug-likeness (QED) is 0.274. The number of ether oxygens (including phenoxy) is 1. The topological polar surface area (TPSA) is 79.4 Å². The highest BCUT2D eigenvalue weighted by Gasteiger charge is 2.41. The van der Waals surface area contributed by atoms with Gasteiger partial charge in [0.1, 0.15) is 28.9 Å². The van der Waals surface area contributed by atoms with E-state index in [9.17, 15) is 18.0 Å². The number of nitrogens with zero attached hydrogens (tertiary/aromatic N) is 3. The maximum absolute atomic E-state index is 14.9. The number of anilines is 2. The summed E-state index contributed by atoms with van der Waals surface area (Å²) in [5.74, 6) is -0.205. The maximum Gasteiger partial charge on any atom is 0.319 e. The van der Waals surface area contributed by atoms with Crippen LogP contribution in [0.25, 0.3) is 22.0 Å². The van der Waals surface area contributed by atoms with Crippen LogP contribution in [0.15, 0.2) is 54.7 Å². The van der Waals surface area contributed by atoms with E-state index in [0.29, 0.717) is 34.5 Å². The number of aromatic nitrogens is 2. The van der Waals surface area contributed by atoms with Crippen molar-refractivity contribution >= 4 is 28.4 Å². The Morgan fingerprint density at radius 1 is 1.10 bits per heavy atom. The molecule has 5 rings (SSSR count). The Bertz CT molecular complexity index is 1570. The van der Waals surface area contributed by atoms with Crippen LogP contribution in [0, 0.1) is 18.6 Å². The first-order chi connectivity index (χ1) is 19.0. The molecule has 0 atom stereocenters. The van der Waals surface area contributed by atoms with Crippen molar-refractivity contribution in [1.29, 1.82) is 0 Å². The average Bonchev–Trinajstić information content (AvgIpc) is 2.89. The van der Waals surface area contributed by atoms with Crippen molar-refractivity contribution < 1.29 is 22.7 Å². The van der Waals surface area contributed by atoms with Gasteiger partial charge in [-0.2, -0.15) is 0 Å². The lowest BCUT2D eigenvalue weighted by Crippen LogP contribution is -2.52. The van der Waals surface area contributed by atoms with E-state index in [-0.39, 0.29) is 30.1 Å². The summed E-state index contributed by atoms with van der Waals surface area (Å²) >= 11 is 0. The van der Waals surface area contributed by atoms with Crippen molar-refractivity contribution in [2.24, 2.45) is 0 Å². The minimum Gasteiger partial charge on any atom is -0.497 e. The number of hydrogen-bond acceptors (Lipinski definition) is 5. The summed E-state index contributed by atoms with van der Waals surface area (Å²) in [5.41, 5.74) is 1.32. The van der Waals surface area contributed by atoms with Gasteiger partial charge < -0.3 is 20.3 Å². The standard InChI is InChI=1S/C30H30F3N5O2/c1-17-22(23-10-27(25(32)11-24(23)31)37-29(39)36-20-13-30(2,33)14-20)9-19-15-34-28(12-26(19)35-17)38(3)16-18-5-7-21(40-4)8-6-18/h5-12,15,20H,13-14,16H2,1-4H3,(H2,36,37,39)/t20-,30-. The van der Waals surface area contributed by atoms with Gasteiger partial charge in [0.25, 0.3) is 0 Å². The van der Waals surface area contributed by atoms with Gasteiger partial charge in [-0.05, 0) is 43.7 Å². The van der Waals surface area contributed by atoms with Gasteiger partial charge in [0.2, 0.25) is 0 Å². The lowest BCUT2D eigenvalue weighted by molar-refractivity contribution is 0.0534. The van der Waals surface area contributed by atoms with Crippen LogP contribution >= 0.6 is 0 Å². The minimum absolute atomic E-state index is 0.0873. The van der Waals surface area contributed by atoms with Crippen molar-refractivity contribution in [3.63, 3.8) is 0 Å². The lowest BCUT2D eigenvalue weighted by Gasteiger charge is -2.38. The van der Waals surface area contributed by atoms with Crippen LogP contribution in [-0.4, -0.2) is 41.9 Å². The molecule has 2 aromatic carbocycles. The van der Waals surface area contributed by atoms with E-state index in [1.165, 1.54) is 13.0 Å². The van der Waals surface area contributed by atoms with Gasteiger partial charge >= 0.3 is 6.03 Å². The molecule has 1 aliphatic carbocycles. The van der Waals surface area contributed by atoms with E-state index < -0.39 is 23.3 Å². The molecule has 2 amide bonds. The zero-order valence-electron chi connectivity index (χ0n) is 22.7. The Labute approximate surface area is 230 Å². The summed E-state index contributed by atoms with van der Waals surface area (Å²) in [6.45, 7) is 3.83. The molecule has 208 valence electrons. The van der Waals surface area contributed by atoms with Gasteiger partial charge in [0.15, 0.2) is 0 Å². The third-order valence-corrected chi connectivity index (χ3v) is 7.12. The zero-order chi connectivity index (χ0) is 28.6. The summed E-state index contributed by atoms with van der Waals surface area (Å²) in [7, 11) is 3.56. The monoisotopic (exact) mass is 549 g/mol. The molecule has 7 nitrogen and oxygen atoms in total. The molecular formula is C30H30F3N5O2. The van der Waals surface area contributed by atoms with Gasteiger partial charge in [0, 0.05) is 73.0 Å². The molecule has 10 heteroatoms. The summed E-state index contributed by atoms with van der Waals surface area (Å²) in [6, 6.07) is 12.3. The van der Waals surface area contributed by atoms with Crippen molar-refractivity contribution in [1.82, 2.24) is 15.3 Å². The second-order valence-electron chi connectivity index (χ2n) is 10.5. The van der Waals surface area contributed by atoms with Crippen LogP contribution in [0.3, 0.4) is 0 Å². The summed E-state index contributed by atoms with van der Waals surface area (Å²) in [5, 5.41) is 5.71. The average molecular weight is 550 g/mol. The number of rotatable bonds is 7. The molecule has 0 saturated heterocycles. The summed E-state index contributed by atoms with van der Waals surface area (Å²) in [6.07, 6.45) is 2.04. The molecule has 2 heterocycles.